The molecule has 0 aliphatic rings. The minimum atomic E-state index is 0.438. The second-order valence-electron chi connectivity index (χ2n) is 4.83. The third-order valence-corrected chi connectivity index (χ3v) is 3.77. The summed E-state index contributed by atoms with van der Waals surface area (Å²) in [6, 6.07) is 9.12. The summed E-state index contributed by atoms with van der Waals surface area (Å²) in [7, 11) is 2.15. The zero-order valence-electron chi connectivity index (χ0n) is 11.6. The van der Waals surface area contributed by atoms with Crippen LogP contribution in [0, 0.1) is 12.8 Å². The molecule has 1 aromatic carbocycles. The van der Waals surface area contributed by atoms with Crippen molar-refractivity contribution < 1.29 is 0 Å². The van der Waals surface area contributed by atoms with E-state index in [1.165, 1.54) is 24.1 Å². The summed E-state index contributed by atoms with van der Waals surface area (Å²) in [5.74, 6) is 0.673. The largest absolute Gasteiger partial charge is 0.370 e. The van der Waals surface area contributed by atoms with Gasteiger partial charge in [-0.05, 0) is 25.0 Å². The van der Waals surface area contributed by atoms with Gasteiger partial charge in [0.15, 0.2) is 0 Å². The maximum atomic E-state index is 5.95. The molecule has 0 bridgehead atoms. The topological polar surface area (TPSA) is 29.3 Å². The summed E-state index contributed by atoms with van der Waals surface area (Å²) in [6.45, 7) is 7.33. The highest BCUT2D eigenvalue weighted by atomic mass is 15.1. The summed E-state index contributed by atoms with van der Waals surface area (Å²) in [5, 5.41) is 0. The van der Waals surface area contributed by atoms with E-state index in [9.17, 15) is 0 Å². The number of nitrogens with zero attached hydrogens (tertiary/aromatic N) is 1. The number of rotatable bonds is 6. The first-order chi connectivity index (χ1) is 8.13. The molecule has 96 valence electrons. The summed E-state index contributed by atoms with van der Waals surface area (Å²) in [6.07, 6.45) is 2.38. The van der Waals surface area contributed by atoms with Gasteiger partial charge in [-0.1, -0.05) is 44.4 Å². The van der Waals surface area contributed by atoms with Gasteiger partial charge in [0.05, 0.1) is 0 Å². The molecule has 2 N–H and O–H groups in total. The lowest BCUT2D eigenvalue weighted by Gasteiger charge is -2.34. The Morgan fingerprint density at radius 1 is 1.12 bits per heavy atom. The third-order valence-electron chi connectivity index (χ3n) is 3.77. The van der Waals surface area contributed by atoms with Crippen molar-refractivity contribution in [3.05, 3.63) is 29.8 Å². The van der Waals surface area contributed by atoms with Gasteiger partial charge in [0, 0.05) is 25.3 Å². The highest BCUT2D eigenvalue weighted by molar-refractivity contribution is 5.47. The molecule has 0 saturated carbocycles. The zero-order valence-corrected chi connectivity index (χ0v) is 11.6. The minimum absolute atomic E-state index is 0.438. The van der Waals surface area contributed by atoms with Crippen LogP contribution in [0.1, 0.15) is 32.3 Å². The Labute approximate surface area is 106 Å². The van der Waals surface area contributed by atoms with Crippen LogP contribution in [-0.2, 0) is 0 Å². The molecule has 0 aliphatic heterocycles. The van der Waals surface area contributed by atoms with E-state index >= 15 is 0 Å². The average Bonchev–Trinajstić information content (AvgIpc) is 2.36. The molecular formula is C15H26N2. The van der Waals surface area contributed by atoms with Gasteiger partial charge in [-0.3, -0.25) is 0 Å². The van der Waals surface area contributed by atoms with E-state index in [-0.39, 0.29) is 0 Å². The van der Waals surface area contributed by atoms with Gasteiger partial charge in [0.25, 0.3) is 0 Å². The molecule has 0 aliphatic carbocycles. The van der Waals surface area contributed by atoms with Crippen LogP contribution in [0.25, 0.3) is 0 Å². The number of nitrogens with two attached hydrogens (primary N) is 1. The molecule has 0 amide bonds. The van der Waals surface area contributed by atoms with Crippen LogP contribution < -0.4 is 10.6 Å². The lowest BCUT2D eigenvalue weighted by Crippen LogP contribution is -2.43. The van der Waals surface area contributed by atoms with Crippen LogP contribution in [0.4, 0.5) is 5.69 Å². The zero-order chi connectivity index (χ0) is 12.8. The highest BCUT2D eigenvalue weighted by Gasteiger charge is 2.21. The van der Waals surface area contributed by atoms with Crippen LogP contribution in [0.2, 0.25) is 0 Å². The van der Waals surface area contributed by atoms with Crippen LogP contribution in [0.15, 0.2) is 24.3 Å². The van der Waals surface area contributed by atoms with Crippen LogP contribution in [-0.4, -0.2) is 19.6 Å². The molecule has 1 atom stereocenters. The summed E-state index contributed by atoms with van der Waals surface area (Å²) < 4.78 is 0. The van der Waals surface area contributed by atoms with Crippen LogP contribution >= 0.6 is 0 Å². The molecule has 0 fully saturated rings. The minimum Gasteiger partial charge on any atom is -0.370 e. The molecule has 0 saturated heterocycles. The Morgan fingerprint density at radius 3 is 2.06 bits per heavy atom. The smallest absolute Gasteiger partial charge is 0.0437 e. The van der Waals surface area contributed by atoms with Crippen LogP contribution in [0.3, 0.4) is 0 Å². The van der Waals surface area contributed by atoms with Crippen molar-refractivity contribution in [1.29, 1.82) is 0 Å². The first-order valence-corrected chi connectivity index (χ1v) is 6.63. The summed E-state index contributed by atoms with van der Waals surface area (Å²) in [5.41, 5.74) is 8.51. The lowest BCUT2D eigenvalue weighted by atomic mass is 9.93. The highest BCUT2D eigenvalue weighted by Crippen LogP contribution is 2.23. The molecule has 1 aromatic rings. The quantitative estimate of drug-likeness (QED) is 0.819. The molecule has 1 unspecified atom stereocenters. The van der Waals surface area contributed by atoms with Crippen LogP contribution in [0.5, 0.6) is 0 Å². The van der Waals surface area contributed by atoms with Crippen molar-refractivity contribution in [2.45, 2.75) is 39.7 Å². The number of benzene rings is 1. The number of hydrogen-bond acceptors (Lipinski definition) is 2. The second kappa shape index (κ2) is 6.65. The molecule has 0 radical (unpaired) electrons. The molecule has 0 spiro atoms. The fraction of sp³-hybridized carbons (Fsp3) is 0.600. The van der Waals surface area contributed by atoms with Gasteiger partial charge in [0.1, 0.15) is 0 Å². The van der Waals surface area contributed by atoms with Crippen molar-refractivity contribution in [3.8, 4) is 0 Å². The monoisotopic (exact) mass is 234 g/mol. The van der Waals surface area contributed by atoms with E-state index in [1.807, 2.05) is 0 Å². The second-order valence-corrected chi connectivity index (χ2v) is 4.83. The molecule has 2 nitrogen and oxygen atoms in total. The summed E-state index contributed by atoms with van der Waals surface area (Å²) in [4.78, 5) is 2.33. The first-order valence-electron chi connectivity index (χ1n) is 6.63. The van der Waals surface area contributed by atoms with Gasteiger partial charge in [0.2, 0.25) is 0 Å². The Kier molecular flexibility index (Phi) is 5.49. The Balaban J connectivity index is 2.84. The lowest BCUT2D eigenvalue weighted by molar-refractivity contribution is 0.389. The standard InChI is InChI=1S/C15H26N2/c1-5-13(6-2)15(11-16)17(4)14-9-7-12(3)8-10-14/h7-10,13,15H,5-6,11,16H2,1-4H3. The van der Waals surface area contributed by atoms with Gasteiger partial charge in [-0.25, -0.2) is 0 Å². The van der Waals surface area contributed by atoms with E-state index in [2.05, 4.69) is 57.0 Å². The number of hydrogen-bond donors (Lipinski definition) is 1. The SMILES string of the molecule is CCC(CC)C(CN)N(C)c1ccc(C)cc1. The molecule has 0 aromatic heterocycles. The van der Waals surface area contributed by atoms with Crippen molar-refractivity contribution >= 4 is 5.69 Å². The van der Waals surface area contributed by atoms with Gasteiger partial charge in [-0.15, -0.1) is 0 Å². The normalized spacial score (nSPS) is 12.8. The maximum Gasteiger partial charge on any atom is 0.0437 e. The molecule has 2 heteroatoms. The predicted octanol–water partition coefficient (Wildman–Crippen LogP) is 3.19. The molecule has 1 rings (SSSR count). The molecule has 17 heavy (non-hydrogen) atoms. The van der Waals surface area contributed by atoms with Gasteiger partial charge >= 0.3 is 0 Å². The van der Waals surface area contributed by atoms with Crippen molar-refractivity contribution in [2.24, 2.45) is 11.7 Å². The maximum absolute atomic E-state index is 5.95. The summed E-state index contributed by atoms with van der Waals surface area (Å²) >= 11 is 0. The molecular weight excluding hydrogens is 208 g/mol. The fourth-order valence-corrected chi connectivity index (χ4v) is 2.47. The average molecular weight is 234 g/mol. The Hall–Kier alpha value is -1.02. The van der Waals surface area contributed by atoms with Crippen molar-refractivity contribution in [2.75, 3.05) is 18.5 Å². The number of likely N-dealkylation sites (N-methyl/N-ethyl adjacent to an activating group) is 1. The number of aryl methyl sites for hydroxylation is 1. The predicted molar refractivity (Wildman–Crippen MR) is 76.5 cm³/mol. The van der Waals surface area contributed by atoms with E-state index < -0.39 is 0 Å². The van der Waals surface area contributed by atoms with E-state index in [0.717, 1.165) is 6.54 Å². The van der Waals surface area contributed by atoms with Gasteiger partial charge in [-0.2, -0.15) is 0 Å². The van der Waals surface area contributed by atoms with E-state index in [4.69, 9.17) is 5.73 Å². The van der Waals surface area contributed by atoms with Gasteiger partial charge < -0.3 is 10.6 Å². The fourth-order valence-electron chi connectivity index (χ4n) is 2.47. The number of anilines is 1. The van der Waals surface area contributed by atoms with Crippen molar-refractivity contribution in [3.63, 3.8) is 0 Å². The van der Waals surface area contributed by atoms with E-state index in [1.54, 1.807) is 0 Å². The Morgan fingerprint density at radius 2 is 1.65 bits per heavy atom. The Bertz CT molecular complexity index is 314. The van der Waals surface area contributed by atoms with E-state index in [0.29, 0.717) is 12.0 Å². The third kappa shape index (κ3) is 3.47. The first kappa shape index (κ1) is 14.0. The molecule has 0 heterocycles. The van der Waals surface area contributed by atoms with Crippen molar-refractivity contribution in [1.82, 2.24) is 0 Å².